The van der Waals surface area contributed by atoms with Gasteiger partial charge in [0.2, 0.25) is 0 Å². The van der Waals surface area contributed by atoms with Gasteiger partial charge < -0.3 is 15.4 Å². The first kappa shape index (κ1) is 10.7. The van der Waals surface area contributed by atoms with E-state index in [9.17, 15) is 0 Å². The standard InChI is InChI=1S/C11H18N2O/c1-4-8-13(2)9-6-5-7-10(14-3)11(9)12/h5-7H,4,8,12H2,1-3H3. The van der Waals surface area contributed by atoms with Gasteiger partial charge >= 0.3 is 0 Å². The van der Waals surface area contributed by atoms with Crippen LogP contribution in [0.5, 0.6) is 5.75 Å². The van der Waals surface area contributed by atoms with E-state index in [1.807, 2.05) is 25.2 Å². The Labute approximate surface area is 85.5 Å². The summed E-state index contributed by atoms with van der Waals surface area (Å²) in [4.78, 5) is 2.14. The Kier molecular flexibility index (Phi) is 3.63. The van der Waals surface area contributed by atoms with E-state index in [0.717, 1.165) is 24.4 Å². The van der Waals surface area contributed by atoms with E-state index < -0.39 is 0 Å². The van der Waals surface area contributed by atoms with Crippen LogP contribution in [0.25, 0.3) is 0 Å². The first-order valence-corrected chi connectivity index (χ1v) is 4.84. The summed E-state index contributed by atoms with van der Waals surface area (Å²) in [5.41, 5.74) is 7.71. The number of anilines is 2. The predicted octanol–water partition coefficient (Wildman–Crippen LogP) is 2.12. The molecule has 1 aromatic carbocycles. The maximum Gasteiger partial charge on any atom is 0.143 e. The number of nitrogens with two attached hydrogens (primary N) is 1. The highest BCUT2D eigenvalue weighted by atomic mass is 16.5. The molecule has 78 valence electrons. The van der Waals surface area contributed by atoms with Crippen molar-refractivity contribution in [1.29, 1.82) is 0 Å². The lowest BCUT2D eigenvalue weighted by Gasteiger charge is -2.21. The third-order valence-electron chi connectivity index (χ3n) is 2.23. The second kappa shape index (κ2) is 4.74. The molecule has 0 aliphatic carbocycles. The van der Waals surface area contributed by atoms with Crippen molar-refractivity contribution >= 4 is 11.4 Å². The van der Waals surface area contributed by atoms with Crippen LogP contribution in [0.2, 0.25) is 0 Å². The SMILES string of the molecule is CCCN(C)c1cccc(OC)c1N. The van der Waals surface area contributed by atoms with Crippen LogP contribution in [0.4, 0.5) is 11.4 Å². The van der Waals surface area contributed by atoms with Crippen molar-refractivity contribution in [1.82, 2.24) is 0 Å². The van der Waals surface area contributed by atoms with Gasteiger partial charge in [-0.2, -0.15) is 0 Å². The third-order valence-corrected chi connectivity index (χ3v) is 2.23. The minimum Gasteiger partial charge on any atom is -0.495 e. The molecule has 0 saturated heterocycles. The number of nitrogen functional groups attached to an aromatic ring is 1. The number of hydrogen-bond acceptors (Lipinski definition) is 3. The Bertz CT molecular complexity index is 299. The fourth-order valence-corrected chi connectivity index (χ4v) is 1.50. The summed E-state index contributed by atoms with van der Waals surface area (Å²) < 4.78 is 5.16. The smallest absolute Gasteiger partial charge is 0.143 e. The Morgan fingerprint density at radius 2 is 2.14 bits per heavy atom. The van der Waals surface area contributed by atoms with Gasteiger partial charge in [0.1, 0.15) is 5.75 Å². The first-order valence-electron chi connectivity index (χ1n) is 4.84. The predicted molar refractivity (Wildman–Crippen MR) is 61.0 cm³/mol. The van der Waals surface area contributed by atoms with Gasteiger partial charge in [-0.05, 0) is 18.6 Å². The van der Waals surface area contributed by atoms with E-state index in [2.05, 4.69) is 11.8 Å². The number of nitrogens with zero attached hydrogens (tertiary/aromatic N) is 1. The zero-order valence-corrected chi connectivity index (χ0v) is 9.08. The van der Waals surface area contributed by atoms with E-state index >= 15 is 0 Å². The van der Waals surface area contributed by atoms with E-state index in [4.69, 9.17) is 10.5 Å². The molecule has 3 heteroatoms. The number of benzene rings is 1. The van der Waals surface area contributed by atoms with Crippen molar-refractivity contribution in [2.45, 2.75) is 13.3 Å². The number of para-hydroxylation sites is 1. The second-order valence-corrected chi connectivity index (χ2v) is 3.31. The van der Waals surface area contributed by atoms with Crippen molar-refractivity contribution in [2.24, 2.45) is 0 Å². The molecule has 0 aromatic heterocycles. The van der Waals surface area contributed by atoms with Gasteiger partial charge in [0, 0.05) is 13.6 Å². The lowest BCUT2D eigenvalue weighted by atomic mass is 10.2. The van der Waals surface area contributed by atoms with Gasteiger partial charge in [-0.1, -0.05) is 13.0 Å². The molecule has 0 aliphatic rings. The van der Waals surface area contributed by atoms with Crippen LogP contribution in [0.1, 0.15) is 13.3 Å². The summed E-state index contributed by atoms with van der Waals surface area (Å²) in [5, 5.41) is 0. The fourth-order valence-electron chi connectivity index (χ4n) is 1.50. The molecule has 14 heavy (non-hydrogen) atoms. The van der Waals surface area contributed by atoms with Gasteiger partial charge in [-0.3, -0.25) is 0 Å². The molecule has 0 unspecified atom stereocenters. The average molecular weight is 194 g/mol. The number of rotatable bonds is 4. The van der Waals surface area contributed by atoms with Crippen LogP contribution in [0.15, 0.2) is 18.2 Å². The highest BCUT2D eigenvalue weighted by Gasteiger charge is 2.07. The quantitative estimate of drug-likeness (QED) is 0.746. The number of hydrogen-bond donors (Lipinski definition) is 1. The summed E-state index contributed by atoms with van der Waals surface area (Å²) >= 11 is 0. The molecule has 0 heterocycles. The van der Waals surface area contributed by atoms with Crippen LogP contribution in [-0.2, 0) is 0 Å². The highest BCUT2D eigenvalue weighted by molar-refractivity contribution is 5.73. The molecule has 0 amide bonds. The zero-order valence-electron chi connectivity index (χ0n) is 9.08. The summed E-state index contributed by atoms with van der Waals surface area (Å²) in [7, 11) is 3.67. The molecule has 0 fully saturated rings. The molecular weight excluding hydrogens is 176 g/mol. The molecule has 1 rings (SSSR count). The Balaban J connectivity index is 2.96. The van der Waals surface area contributed by atoms with Gasteiger partial charge in [0.25, 0.3) is 0 Å². The van der Waals surface area contributed by atoms with Crippen molar-refractivity contribution in [3.05, 3.63) is 18.2 Å². The van der Waals surface area contributed by atoms with E-state index in [-0.39, 0.29) is 0 Å². The molecule has 0 spiro atoms. The molecule has 2 N–H and O–H groups in total. The molecule has 3 nitrogen and oxygen atoms in total. The molecule has 0 aliphatic heterocycles. The first-order chi connectivity index (χ1) is 6.70. The minimum absolute atomic E-state index is 0.714. The van der Waals surface area contributed by atoms with E-state index in [1.165, 1.54) is 0 Å². The Morgan fingerprint density at radius 3 is 2.71 bits per heavy atom. The zero-order chi connectivity index (χ0) is 10.6. The van der Waals surface area contributed by atoms with Gasteiger partial charge in [0.15, 0.2) is 0 Å². The largest absolute Gasteiger partial charge is 0.495 e. The van der Waals surface area contributed by atoms with Crippen LogP contribution in [0, 0.1) is 0 Å². The molecular formula is C11H18N2O. The summed E-state index contributed by atoms with van der Waals surface area (Å²) in [6.07, 6.45) is 1.10. The van der Waals surface area contributed by atoms with Crippen molar-refractivity contribution in [2.75, 3.05) is 31.3 Å². The van der Waals surface area contributed by atoms with Crippen molar-refractivity contribution < 1.29 is 4.74 Å². The van der Waals surface area contributed by atoms with Crippen LogP contribution >= 0.6 is 0 Å². The Hall–Kier alpha value is -1.38. The van der Waals surface area contributed by atoms with Gasteiger partial charge in [0.05, 0.1) is 18.5 Å². The molecule has 0 saturated carbocycles. The summed E-state index contributed by atoms with van der Waals surface area (Å²) in [6.45, 7) is 3.14. The normalized spacial score (nSPS) is 9.93. The average Bonchev–Trinajstić information content (AvgIpc) is 2.18. The van der Waals surface area contributed by atoms with Crippen LogP contribution in [0.3, 0.4) is 0 Å². The molecule has 1 aromatic rings. The molecule has 0 radical (unpaired) electrons. The lowest BCUT2D eigenvalue weighted by Crippen LogP contribution is -2.19. The van der Waals surface area contributed by atoms with E-state index in [0.29, 0.717) is 5.69 Å². The van der Waals surface area contributed by atoms with Crippen molar-refractivity contribution in [3.63, 3.8) is 0 Å². The maximum absolute atomic E-state index is 5.96. The molecule has 0 bridgehead atoms. The van der Waals surface area contributed by atoms with Crippen molar-refractivity contribution in [3.8, 4) is 5.75 Å². The molecule has 0 atom stereocenters. The van der Waals surface area contributed by atoms with Gasteiger partial charge in [-0.25, -0.2) is 0 Å². The summed E-state index contributed by atoms with van der Waals surface area (Å²) in [5.74, 6) is 0.741. The van der Waals surface area contributed by atoms with Gasteiger partial charge in [-0.15, -0.1) is 0 Å². The van der Waals surface area contributed by atoms with E-state index in [1.54, 1.807) is 7.11 Å². The third kappa shape index (κ3) is 2.10. The summed E-state index contributed by atoms with van der Waals surface area (Å²) in [6, 6.07) is 5.84. The fraction of sp³-hybridized carbons (Fsp3) is 0.455. The minimum atomic E-state index is 0.714. The second-order valence-electron chi connectivity index (χ2n) is 3.31. The maximum atomic E-state index is 5.96. The van der Waals surface area contributed by atoms with Crippen LogP contribution in [-0.4, -0.2) is 20.7 Å². The number of methoxy groups -OCH3 is 1. The number of ether oxygens (including phenoxy) is 1. The lowest BCUT2D eigenvalue weighted by molar-refractivity contribution is 0.417. The Morgan fingerprint density at radius 1 is 1.43 bits per heavy atom. The topological polar surface area (TPSA) is 38.5 Å². The van der Waals surface area contributed by atoms with Crippen LogP contribution < -0.4 is 15.4 Å². The highest BCUT2D eigenvalue weighted by Crippen LogP contribution is 2.31. The monoisotopic (exact) mass is 194 g/mol.